The summed E-state index contributed by atoms with van der Waals surface area (Å²) in [7, 11) is 0. The summed E-state index contributed by atoms with van der Waals surface area (Å²) in [4.78, 5) is 36.0. The Morgan fingerprint density at radius 3 is 2.30 bits per heavy atom. The predicted molar refractivity (Wildman–Crippen MR) is 113 cm³/mol. The number of fused-ring (bicyclic) bond motifs is 2. The summed E-state index contributed by atoms with van der Waals surface area (Å²) < 4.78 is 12.1. The Bertz CT molecular complexity index is 810. The monoisotopic (exact) mass is 596 g/mol. The first-order valence-corrected chi connectivity index (χ1v) is 10.6. The molecule has 0 aliphatic heterocycles. The van der Waals surface area contributed by atoms with E-state index in [1.807, 2.05) is 45.2 Å². The summed E-state index contributed by atoms with van der Waals surface area (Å²) in [5.74, 6) is -2.03. The number of halogens is 2. The number of carbonyl (C=O) groups is 3. The van der Waals surface area contributed by atoms with E-state index in [2.05, 4.69) is 6.58 Å². The maximum atomic E-state index is 12.6. The van der Waals surface area contributed by atoms with Gasteiger partial charge >= 0.3 is 17.9 Å². The van der Waals surface area contributed by atoms with Crippen molar-refractivity contribution >= 4 is 63.1 Å². The van der Waals surface area contributed by atoms with Gasteiger partial charge in [0.1, 0.15) is 6.10 Å². The number of hydrogen-bond acceptors (Lipinski definition) is 5. The maximum Gasteiger partial charge on any atom is 0.338 e. The van der Waals surface area contributed by atoms with Crippen LogP contribution < -0.4 is 4.74 Å². The number of carboxylic acids is 1. The van der Waals surface area contributed by atoms with Crippen LogP contribution in [0.15, 0.2) is 24.3 Å². The molecule has 1 aromatic carbocycles. The molecule has 0 saturated heterocycles. The van der Waals surface area contributed by atoms with Crippen LogP contribution in [0.25, 0.3) is 0 Å². The van der Waals surface area contributed by atoms with E-state index in [4.69, 9.17) is 9.47 Å². The van der Waals surface area contributed by atoms with Crippen molar-refractivity contribution in [3.8, 4) is 5.75 Å². The number of hydrogen-bond donors (Lipinski definition) is 1. The molecule has 2 fully saturated rings. The lowest BCUT2D eigenvalue weighted by molar-refractivity contribution is -0.148. The van der Waals surface area contributed by atoms with Crippen molar-refractivity contribution in [3.63, 3.8) is 0 Å². The van der Waals surface area contributed by atoms with Gasteiger partial charge in [0.2, 0.25) is 0 Å². The second kappa shape index (κ2) is 8.06. The van der Waals surface area contributed by atoms with E-state index in [1.165, 1.54) is 0 Å². The number of rotatable bonds is 5. The summed E-state index contributed by atoms with van der Waals surface area (Å²) in [5, 5.41) is 9.49. The Kier molecular flexibility index (Phi) is 6.14. The van der Waals surface area contributed by atoms with Gasteiger partial charge in [-0.3, -0.25) is 4.79 Å². The van der Waals surface area contributed by atoms with Crippen LogP contribution in [0.2, 0.25) is 0 Å². The van der Waals surface area contributed by atoms with E-state index in [-0.39, 0.29) is 17.4 Å². The van der Waals surface area contributed by atoms with Gasteiger partial charge in [0, 0.05) is 5.57 Å². The van der Waals surface area contributed by atoms with E-state index in [0.717, 1.165) is 19.3 Å². The smallest absolute Gasteiger partial charge is 0.338 e. The van der Waals surface area contributed by atoms with Gasteiger partial charge in [0.25, 0.3) is 0 Å². The van der Waals surface area contributed by atoms with Gasteiger partial charge in [0.15, 0.2) is 5.75 Å². The van der Waals surface area contributed by atoms with E-state index < -0.39 is 29.9 Å². The molecule has 0 spiro atoms. The molecule has 4 atom stereocenters. The Hall–Kier alpha value is -1.17. The Labute approximate surface area is 184 Å². The largest absolute Gasteiger partial charge is 0.481 e. The Morgan fingerprint density at radius 2 is 1.74 bits per heavy atom. The van der Waals surface area contributed by atoms with Crippen molar-refractivity contribution in [3.05, 3.63) is 37.0 Å². The third kappa shape index (κ3) is 4.15. The highest BCUT2D eigenvalue weighted by Gasteiger charge is 2.53. The highest BCUT2D eigenvalue weighted by molar-refractivity contribution is 14.1. The topological polar surface area (TPSA) is 89.9 Å². The normalized spacial score (nSPS) is 25.9. The summed E-state index contributed by atoms with van der Waals surface area (Å²) in [6.45, 7) is 5.11. The van der Waals surface area contributed by atoms with Gasteiger partial charge < -0.3 is 14.6 Å². The fourth-order valence-electron chi connectivity index (χ4n) is 3.90. The number of carbonyl (C=O) groups excluding carboxylic acids is 2. The SMILES string of the molecule is C=C(C)C(=O)Oc1c(I)cc(C(=O)OC2C3CCC(C3)C2C(=O)O)cc1I. The summed E-state index contributed by atoms with van der Waals surface area (Å²) in [6, 6.07) is 3.16. The van der Waals surface area contributed by atoms with E-state index in [1.54, 1.807) is 19.1 Å². The summed E-state index contributed by atoms with van der Waals surface area (Å²) >= 11 is 3.97. The van der Waals surface area contributed by atoms with Crippen molar-refractivity contribution in [2.75, 3.05) is 0 Å². The number of ether oxygens (including phenoxy) is 2. The molecular weight excluding hydrogens is 578 g/mol. The highest BCUT2D eigenvalue weighted by atomic mass is 127. The van der Waals surface area contributed by atoms with E-state index >= 15 is 0 Å². The maximum absolute atomic E-state index is 12.6. The molecule has 8 heteroatoms. The van der Waals surface area contributed by atoms with Gasteiger partial charge in [-0.05, 0) is 95.3 Å². The zero-order chi connectivity index (χ0) is 19.9. The zero-order valence-electron chi connectivity index (χ0n) is 14.5. The minimum Gasteiger partial charge on any atom is -0.481 e. The van der Waals surface area contributed by atoms with Crippen molar-refractivity contribution in [1.82, 2.24) is 0 Å². The summed E-state index contributed by atoms with van der Waals surface area (Å²) in [6.07, 6.45) is 2.01. The standard InChI is InChI=1S/C19H18I2O6/c1-8(2)18(24)27-16-12(20)6-11(7-13(16)21)19(25)26-15-10-4-3-9(5-10)14(15)17(22)23/h6-7,9-10,14-15H,1,3-5H2,2H3,(H,22,23). The number of aliphatic carboxylic acids is 1. The first-order chi connectivity index (χ1) is 12.7. The lowest BCUT2D eigenvalue weighted by atomic mass is 9.86. The molecule has 2 aliphatic rings. The second-order valence-corrected chi connectivity index (χ2v) is 9.33. The molecule has 0 radical (unpaired) electrons. The molecule has 1 aromatic rings. The van der Waals surface area contributed by atoms with Crippen LogP contribution in [0, 0.1) is 24.9 Å². The van der Waals surface area contributed by atoms with Gasteiger partial charge in [0.05, 0.1) is 18.6 Å². The molecule has 6 nitrogen and oxygen atoms in total. The molecule has 27 heavy (non-hydrogen) atoms. The van der Waals surface area contributed by atoms with Crippen LogP contribution >= 0.6 is 45.2 Å². The molecule has 3 rings (SSSR count). The first kappa shape index (κ1) is 20.6. The molecule has 2 saturated carbocycles. The van der Waals surface area contributed by atoms with E-state index in [0.29, 0.717) is 18.5 Å². The quantitative estimate of drug-likeness (QED) is 0.239. The van der Waals surface area contributed by atoms with Crippen molar-refractivity contribution in [2.45, 2.75) is 32.3 Å². The molecule has 4 unspecified atom stereocenters. The summed E-state index contributed by atoms with van der Waals surface area (Å²) in [5.41, 5.74) is 0.590. The fourth-order valence-corrected chi connectivity index (χ4v) is 5.89. The second-order valence-electron chi connectivity index (χ2n) is 7.01. The van der Waals surface area contributed by atoms with Crippen LogP contribution in [0.5, 0.6) is 5.75 Å². The van der Waals surface area contributed by atoms with Crippen LogP contribution in [0.3, 0.4) is 0 Å². The Morgan fingerprint density at radius 1 is 1.15 bits per heavy atom. The molecular formula is C19H18I2O6. The highest BCUT2D eigenvalue weighted by Crippen LogP contribution is 2.50. The molecule has 0 heterocycles. The average molecular weight is 596 g/mol. The molecule has 0 amide bonds. The zero-order valence-corrected chi connectivity index (χ0v) is 18.9. The van der Waals surface area contributed by atoms with E-state index in [9.17, 15) is 19.5 Å². The number of benzene rings is 1. The average Bonchev–Trinajstić information content (AvgIpc) is 3.18. The number of esters is 2. The fraction of sp³-hybridized carbons (Fsp3) is 0.421. The minimum atomic E-state index is -0.897. The molecule has 2 aliphatic carbocycles. The van der Waals surface area contributed by atoms with Gasteiger partial charge in [-0.15, -0.1) is 0 Å². The van der Waals surface area contributed by atoms with Gasteiger partial charge in [-0.1, -0.05) is 6.58 Å². The van der Waals surface area contributed by atoms with Crippen LogP contribution in [0.4, 0.5) is 0 Å². The van der Waals surface area contributed by atoms with Crippen LogP contribution in [-0.2, 0) is 14.3 Å². The minimum absolute atomic E-state index is 0.0921. The third-order valence-electron chi connectivity index (χ3n) is 5.15. The van der Waals surface area contributed by atoms with Crippen molar-refractivity contribution < 1.29 is 29.0 Å². The molecule has 0 aromatic heterocycles. The van der Waals surface area contributed by atoms with Gasteiger partial charge in [-0.25, -0.2) is 9.59 Å². The van der Waals surface area contributed by atoms with Crippen molar-refractivity contribution in [2.24, 2.45) is 17.8 Å². The van der Waals surface area contributed by atoms with Crippen molar-refractivity contribution in [1.29, 1.82) is 0 Å². The van der Waals surface area contributed by atoms with Crippen LogP contribution in [0.1, 0.15) is 36.5 Å². The molecule has 2 bridgehead atoms. The molecule has 1 N–H and O–H groups in total. The Balaban J connectivity index is 1.78. The lowest BCUT2D eigenvalue weighted by Gasteiger charge is -2.27. The van der Waals surface area contributed by atoms with Gasteiger partial charge in [-0.2, -0.15) is 0 Å². The third-order valence-corrected chi connectivity index (χ3v) is 6.75. The predicted octanol–water partition coefficient (Wildman–Crippen LogP) is 4.03. The van der Waals surface area contributed by atoms with Crippen LogP contribution in [-0.4, -0.2) is 29.1 Å². The first-order valence-electron chi connectivity index (χ1n) is 8.49. The number of carboxylic acid groups (broad SMARTS) is 1. The molecule has 144 valence electrons. The lowest BCUT2D eigenvalue weighted by Crippen LogP contribution is -2.37.